The highest BCUT2D eigenvalue weighted by atomic mass is 19.4. The quantitative estimate of drug-likeness (QED) is 0.438. The van der Waals surface area contributed by atoms with Gasteiger partial charge in [-0.05, 0) is 30.7 Å². The molecule has 1 aliphatic heterocycles. The summed E-state index contributed by atoms with van der Waals surface area (Å²) in [5.74, 6) is -0.586. The molecular formula is C25H25F3N6O. The fourth-order valence-corrected chi connectivity index (χ4v) is 4.50. The molecule has 182 valence electrons. The molecule has 1 saturated heterocycles. The van der Waals surface area contributed by atoms with Gasteiger partial charge in [-0.25, -0.2) is 4.52 Å². The third-order valence-electron chi connectivity index (χ3n) is 6.57. The van der Waals surface area contributed by atoms with Gasteiger partial charge >= 0.3 is 6.18 Å². The van der Waals surface area contributed by atoms with Crippen LogP contribution in [0.4, 0.5) is 18.9 Å². The molecule has 0 saturated carbocycles. The molecule has 5 rings (SSSR count). The first-order chi connectivity index (χ1) is 16.7. The lowest BCUT2D eigenvalue weighted by Gasteiger charge is -2.36. The zero-order valence-electron chi connectivity index (χ0n) is 19.4. The van der Waals surface area contributed by atoms with Gasteiger partial charge in [0.05, 0.1) is 35.1 Å². The summed E-state index contributed by atoms with van der Waals surface area (Å²) in [6.07, 6.45) is 3.19. The number of rotatable bonds is 4. The van der Waals surface area contributed by atoms with E-state index in [-0.39, 0.29) is 5.91 Å². The van der Waals surface area contributed by atoms with Crippen LogP contribution in [0.5, 0.6) is 0 Å². The summed E-state index contributed by atoms with van der Waals surface area (Å²) in [6.45, 7) is 4.11. The van der Waals surface area contributed by atoms with Crippen LogP contribution in [0.2, 0.25) is 0 Å². The number of aryl methyl sites for hydroxylation is 1. The Morgan fingerprint density at radius 1 is 0.914 bits per heavy atom. The Bertz CT molecular complexity index is 1350. The molecule has 1 fully saturated rings. The number of aromatic nitrogens is 4. The van der Waals surface area contributed by atoms with Crippen molar-refractivity contribution in [3.05, 3.63) is 72.3 Å². The molecule has 0 bridgehead atoms. The molecule has 0 spiro atoms. The summed E-state index contributed by atoms with van der Waals surface area (Å²) in [5.41, 5.74) is 3.89. The average Bonchev–Trinajstić information content (AvgIpc) is 3.48. The van der Waals surface area contributed by atoms with Gasteiger partial charge in [0.25, 0.3) is 0 Å². The number of halogens is 3. The number of carbonyl (C=O) groups is 1. The van der Waals surface area contributed by atoms with Gasteiger partial charge in [0, 0.05) is 56.7 Å². The Balaban J connectivity index is 1.25. The second-order valence-corrected chi connectivity index (χ2v) is 8.83. The minimum absolute atomic E-state index is 0.0783. The van der Waals surface area contributed by atoms with Gasteiger partial charge in [0.1, 0.15) is 0 Å². The zero-order chi connectivity index (χ0) is 24.7. The molecule has 7 nitrogen and oxygen atoms in total. The maximum absolute atomic E-state index is 13.0. The second kappa shape index (κ2) is 8.75. The van der Waals surface area contributed by atoms with Crippen LogP contribution in [0.3, 0.4) is 0 Å². The summed E-state index contributed by atoms with van der Waals surface area (Å²) in [7, 11) is 1.88. The Labute approximate surface area is 200 Å². The van der Waals surface area contributed by atoms with Crippen molar-refractivity contribution in [1.29, 1.82) is 0 Å². The van der Waals surface area contributed by atoms with Crippen LogP contribution in [0, 0.1) is 0 Å². The lowest BCUT2D eigenvalue weighted by molar-refractivity contribution is -0.137. The van der Waals surface area contributed by atoms with Crippen molar-refractivity contribution in [2.24, 2.45) is 7.05 Å². The van der Waals surface area contributed by atoms with Crippen LogP contribution in [0.25, 0.3) is 16.6 Å². The van der Waals surface area contributed by atoms with Crippen LogP contribution in [-0.4, -0.2) is 56.4 Å². The Morgan fingerprint density at radius 3 is 2.26 bits per heavy atom. The van der Waals surface area contributed by atoms with Crippen LogP contribution in [-0.2, 0) is 18.0 Å². The topological polar surface area (TPSA) is 58.7 Å². The highest BCUT2D eigenvalue weighted by Crippen LogP contribution is 2.31. The molecule has 1 atom stereocenters. The maximum atomic E-state index is 13.0. The predicted molar refractivity (Wildman–Crippen MR) is 126 cm³/mol. The number of benzene rings is 1. The number of hydrogen-bond acceptors (Lipinski definition) is 4. The van der Waals surface area contributed by atoms with E-state index in [1.54, 1.807) is 16.5 Å². The van der Waals surface area contributed by atoms with Gasteiger partial charge in [-0.3, -0.25) is 9.48 Å². The smallest absolute Gasteiger partial charge is 0.365 e. The summed E-state index contributed by atoms with van der Waals surface area (Å²) < 4.78 is 42.1. The molecule has 4 aromatic rings. The Hall–Kier alpha value is -3.82. The highest BCUT2D eigenvalue weighted by molar-refractivity contribution is 5.84. The average molecular weight is 483 g/mol. The molecule has 4 heterocycles. The van der Waals surface area contributed by atoms with Gasteiger partial charge in [0.2, 0.25) is 5.91 Å². The summed E-state index contributed by atoms with van der Waals surface area (Å²) >= 11 is 0. The van der Waals surface area contributed by atoms with Crippen LogP contribution >= 0.6 is 0 Å². The number of hydrogen-bond donors (Lipinski definition) is 0. The monoisotopic (exact) mass is 482 g/mol. The van der Waals surface area contributed by atoms with Crippen LogP contribution in [0.1, 0.15) is 24.0 Å². The minimum atomic E-state index is -4.39. The summed E-state index contributed by atoms with van der Waals surface area (Å²) in [4.78, 5) is 17.0. The number of carbonyl (C=O) groups excluding carboxylic acids is 1. The zero-order valence-corrected chi connectivity index (χ0v) is 19.4. The largest absolute Gasteiger partial charge is 0.416 e. The van der Waals surface area contributed by atoms with Gasteiger partial charge in [-0.15, -0.1) is 0 Å². The van der Waals surface area contributed by atoms with E-state index in [1.807, 2.05) is 48.5 Å². The number of piperazine rings is 1. The lowest BCUT2D eigenvalue weighted by Crippen LogP contribution is -2.49. The molecule has 0 N–H and O–H groups in total. The van der Waals surface area contributed by atoms with Gasteiger partial charge in [-0.1, -0.05) is 18.2 Å². The molecule has 1 aromatic carbocycles. The normalized spacial score (nSPS) is 15.6. The first-order valence-electron chi connectivity index (χ1n) is 11.4. The fraction of sp³-hybridized carbons (Fsp3) is 0.320. The third-order valence-corrected chi connectivity index (χ3v) is 6.57. The van der Waals surface area contributed by atoms with Crippen LogP contribution in [0.15, 0.2) is 61.2 Å². The van der Waals surface area contributed by atoms with Gasteiger partial charge in [0.15, 0.2) is 0 Å². The number of pyridine rings is 1. The number of fused-ring (bicyclic) bond motifs is 1. The van der Waals surface area contributed by atoms with Crippen molar-refractivity contribution < 1.29 is 18.0 Å². The molecule has 1 amide bonds. The van der Waals surface area contributed by atoms with E-state index in [9.17, 15) is 18.0 Å². The van der Waals surface area contributed by atoms with E-state index < -0.39 is 17.7 Å². The van der Waals surface area contributed by atoms with E-state index in [0.717, 1.165) is 34.5 Å². The number of anilines is 1. The SMILES string of the molecule is C[C@@H](C(=O)N1CCN(c2cnn3cc(-c4cnn(C)c4)ccc23)CC1)c1ccc(C(F)(F)F)cc1. The molecule has 3 aromatic heterocycles. The van der Waals surface area contributed by atoms with E-state index in [2.05, 4.69) is 15.1 Å². The third kappa shape index (κ3) is 4.48. The summed E-state index contributed by atoms with van der Waals surface area (Å²) in [6, 6.07) is 8.92. The maximum Gasteiger partial charge on any atom is 0.416 e. The van der Waals surface area contributed by atoms with Gasteiger partial charge in [-0.2, -0.15) is 23.4 Å². The fourth-order valence-electron chi connectivity index (χ4n) is 4.50. The molecular weight excluding hydrogens is 457 g/mol. The Kier molecular flexibility index (Phi) is 5.74. The number of amides is 1. The number of alkyl halides is 3. The van der Waals surface area contributed by atoms with Crippen molar-refractivity contribution in [2.45, 2.75) is 19.0 Å². The molecule has 10 heteroatoms. The molecule has 0 aliphatic carbocycles. The van der Waals surface area contributed by atoms with E-state index in [1.165, 1.54) is 12.1 Å². The molecule has 0 radical (unpaired) electrons. The van der Waals surface area contributed by atoms with E-state index >= 15 is 0 Å². The second-order valence-electron chi connectivity index (χ2n) is 8.83. The highest BCUT2D eigenvalue weighted by Gasteiger charge is 2.31. The first-order valence-corrected chi connectivity index (χ1v) is 11.4. The molecule has 0 unspecified atom stereocenters. The van der Waals surface area contributed by atoms with E-state index in [0.29, 0.717) is 31.7 Å². The Morgan fingerprint density at radius 2 is 1.63 bits per heavy atom. The predicted octanol–water partition coefficient (Wildman–Crippen LogP) is 4.21. The number of nitrogens with zero attached hydrogens (tertiary/aromatic N) is 6. The lowest BCUT2D eigenvalue weighted by atomic mass is 9.98. The van der Waals surface area contributed by atoms with Crippen molar-refractivity contribution >= 4 is 17.1 Å². The van der Waals surface area contributed by atoms with Crippen molar-refractivity contribution in [2.75, 3.05) is 31.1 Å². The standard InChI is InChI=1S/C25H25F3N6O/c1-17(18-3-6-21(7-4-18)25(26,27)28)24(35)33-11-9-32(10-12-33)23-14-30-34-16-19(5-8-22(23)34)20-13-29-31(2)15-20/h3-8,13-17H,9-12H2,1-2H3/t17-/m1/s1. The minimum Gasteiger partial charge on any atom is -0.365 e. The summed E-state index contributed by atoms with van der Waals surface area (Å²) in [5, 5.41) is 8.74. The van der Waals surface area contributed by atoms with Gasteiger partial charge < -0.3 is 9.80 Å². The molecule has 1 aliphatic rings. The van der Waals surface area contributed by atoms with E-state index in [4.69, 9.17) is 0 Å². The van der Waals surface area contributed by atoms with Crippen LogP contribution < -0.4 is 4.90 Å². The molecule has 35 heavy (non-hydrogen) atoms. The van der Waals surface area contributed by atoms with Crippen molar-refractivity contribution in [3.8, 4) is 11.1 Å². The first kappa shape index (κ1) is 22.9. The van der Waals surface area contributed by atoms with Crippen molar-refractivity contribution in [3.63, 3.8) is 0 Å². The van der Waals surface area contributed by atoms with Crippen molar-refractivity contribution in [1.82, 2.24) is 24.3 Å².